The highest BCUT2D eigenvalue weighted by atomic mass is 35.5. The van der Waals surface area contributed by atoms with E-state index in [-0.39, 0.29) is 11.6 Å². The van der Waals surface area contributed by atoms with Crippen LogP contribution in [-0.4, -0.2) is 76.4 Å². The molecule has 1 atom stereocenters. The number of benzene rings is 1. The van der Waals surface area contributed by atoms with Crippen molar-refractivity contribution < 1.29 is 9.59 Å². The summed E-state index contributed by atoms with van der Waals surface area (Å²) in [5.74, 6) is 0.339. The summed E-state index contributed by atoms with van der Waals surface area (Å²) >= 11 is 5.95. The first-order valence-corrected chi connectivity index (χ1v) is 11.9. The Balaban J connectivity index is 1.37. The number of piperazine rings is 1. The van der Waals surface area contributed by atoms with Gasteiger partial charge in [0.25, 0.3) is 11.8 Å². The third kappa shape index (κ3) is 5.12. The average molecular weight is 471 g/mol. The molecule has 0 radical (unpaired) electrons. The zero-order valence-corrected chi connectivity index (χ0v) is 20.0. The molecule has 2 saturated heterocycles. The number of halogens is 1. The van der Waals surface area contributed by atoms with Gasteiger partial charge in [0.15, 0.2) is 0 Å². The lowest BCUT2D eigenvalue weighted by molar-refractivity contribution is 0.0490. The molecule has 8 nitrogen and oxygen atoms in total. The van der Waals surface area contributed by atoms with Crippen molar-refractivity contribution in [2.24, 2.45) is 5.73 Å². The number of aromatic nitrogens is 2. The fourth-order valence-corrected chi connectivity index (χ4v) is 5.11. The number of aryl methyl sites for hydroxylation is 1. The molecule has 0 saturated carbocycles. The van der Waals surface area contributed by atoms with Gasteiger partial charge >= 0.3 is 0 Å². The smallest absolute Gasteiger partial charge is 0.268 e. The van der Waals surface area contributed by atoms with Gasteiger partial charge in [-0.15, -0.1) is 0 Å². The van der Waals surface area contributed by atoms with Crippen LogP contribution in [0.4, 0.5) is 5.82 Å². The first-order valence-electron chi connectivity index (χ1n) is 11.6. The Bertz CT molecular complexity index is 1010. The lowest BCUT2D eigenvalue weighted by Crippen LogP contribution is -2.59. The van der Waals surface area contributed by atoms with Crippen LogP contribution >= 0.6 is 11.6 Å². The maximum atomic E-state index is 12.8. The lowest BCUT2D eigenvalue weighted by atomic mass is 9.97. The second kappa shape index (κ2) is 10.1. The van der Waals surface area contributed by atoms with Crippen LogP contribution in [0, 0.1) is 6.92 Å². The predicted molar refractivity (Wildman–Crippen MR) is 129 cm³/mol. The number of primary amides is 1. The summed E-state index contributed by atoms with van der Waals surface area (Å²) in [5, 5.41) is 0.639. The van der Waals surface area contributed by atoms with E-state index in [9.17, 15) is 9.59 Å². The molecule has 4 rings (SSSR count). The molecule has 1 aromatic carbocycles. The SMILES string of the molecule is CC[C@H]1CN(c2ncc(C(N)=O)nc2C)CCN1C1CCN(C(=O)c2ccc(Cl)cc2)CC1. The summed E-state index contributed by atoms with van der Waals surface area (Å²) < 4.78 is 0. The molecule has 2 amide bonds. The Morgan fingerprint density at radius 2 is 1.82 bits per heavy atom. The van der Waals surface area contributed by atoms with Crippen LogP contribution in [0.1, 0.15) is 52.7 Å². The molecule has 2 aromatic rings. The lowest BCUT2D eigenvalue weighted by Gasteiger charge is -2.47. The molecule has 0 aliphatic carbocycles. The van der Waals surface area contributed by atoms with Crippen LogP contribution in [0.15, 0.2) is 30.5 Å². The molecule has 1 aromatic heterocycles. The van der Waals surface area contributed by atoms with Crippen molar-refractivity contribution >= 4 is 29.2 Å². The number of likely N-dealkylation sites (tertiary alicyclic amines) is 1. The highest BCUT2D eigenvalue weighted by Crippen LogP contribution is 2.27. The number of carbonyl (C=O) groups excluding carboxylic acids is 2. The van der Waals surface area contributed by atoms with E-state index in [1.165, 1.54) is 6.20 Å². The van der Waals surface area contributed by atoms with Gasteiger partial charge in [-0.05, 0) is 50.5 Å². The van der Waals surface area contributed by atoms with Gasteiger partial charge in [-0.2, -0.15) is 0 Å². The first-order chi connectivity index (χ1) is 15.9. The number of anilines is 1. The molecular weight excluding hydrogens is 440 g/mol. The molecule has 2 N–H and O–H groups in total. The van der Waals surface area contributed by atoms with Crippen LogP contribution in [0.3, 0.4) is 0 Å². The minimum Gasteiger partial charge on any atom is -0.364 e. The molecule has 2 aliphatic heterocycles. The second-order valence-corrected chi connectivity index (χ2v) is 9.24. The van der Waals surface area contributed by atoms with Crippen LogP contribution in [0.5, 0.6) is 0 Å². The molecule has 0 unspecified atom stereocenters. The number of rotatable bonds is 5. The molecule has 9 heteroatoms. The highest BCUT2D eigenvalue weighted by Gasteiger charge is 2.34. The summed E-state index contributed by atoms with van der Waals surface area (Å²) in [6.45, 7) is 8.28. The summed E-state index contributed by atoms with van der Waals surface area (Å²) in [4.78, 5) is 39.9. The predicted octanol–water partition coefficient (Wildman–Crippen LogP) is 2.74. The topological polar surface area (TPSA) is 95.7 Å². The third-order valence-electron chi connectivity index (χ3n) is 6.78. The Morgan fingerprint density at radius 1 is 1.12 bits per heavy atom. The van der Waals surface area contributed by atoms with E-state index in [1.54, 1.807) is 24.3 Å². The normalized spacial score (nSPS) is 20.2. The van der Waals surface area contributed by atoms with Gasteiger partial charge in [0.2, 0.25) is 0 Å². The second-order valence-electron chi connectivity index (χ2n) is 8.80. The van der Waals surface area contributed by atoms with E-state index in [4.69, 9.17) is 17.3 Å². The fraction of sp³-hybridized carbons (Fsp3) is 0.500. The minimum atomic E-state index is -0.561. The number of hydrogen-bond acceptors (Lipinski definition) is 6. The van der Waals surface area contributed by atoms with Crippen molar-refractivity contribution in [3.8, 4) is 0 Å². The summed E-state index contributed by atoms with van der Waals surface area (Å²) in [5.41, 5.74) is 6.94. The van der Waals surface area contributed by atoms with E-state index in [1.807, 2.05) is 11.8 Å². The Kier molecular flexibility index (Phi) is 7.14. The summed E-state index contributed by atoms with van der Waals surface area (Å²) in [7, 11) is 0. The van der Waals surface area contributed by atoms with Gasteiger partial charge in [0.1, 0.15) is 11.5 Å². The van der Waals surface area contributed by atoms with E-state index >= 15 is 0 Å². The number of piperidine rings is 1. The molecule has 3 heterocycles. The molecule has 2 aliphatic rings. The maximum absolute atomic E-state index is 12.8. The summed E-state index contributed by atoms with van der Waals surface area (Å²) in [6.07, 6.45) is 4.45. The van der Waals surface area contributed by atoms with Crippen LogP contribution < -0.4 is 10.6 Å². The molecule has 176 valence electrons. The van der Waals surface area contributed by atoms with Crippen molar-refractivity contribution in [2.75, 3.05) is 37.6 Å². The van der Waals surface area contributed by atoms with E-state index in [0.717, 1.165) is 63.5 Å². The highest BCUT2D eigenvalue weighted by molar-refractivity contribution is 6.30. The Morgan fingerprint density at radius 3 is 2.42 bits per heavy atom. The standard InChI is InChI=1S/C24H31ClN6O2/c1-3-19-15-30(23-16(2)28-21(14-27-23)22(26)32)12-13-31(19)20-8-10-29(11-9-20)24(33)17-4-6-18(25)7-5-17/h4-7,14,19-20H,3,8-13,15H2,1-2H3,(H2,26,32)/t19-/m0/s1. The molecule has 0 bridgehead atoms. The van der Waals surface area contributed by atoms with Gasteiger partial charge < -0.3 is 15.5 Å². The van der Waals surface area contributed by atoms with Crippen molar-refractivity contribution in [2.45, 2.75) is 45.2 Å². The average Bonchev–Trinajstić information content (AvgIpc) is 2.83. The quantitative estimate of drug-likeness (QED) is 0.721. The van der Waals surface area contributed by atoms with Gasteiger partial charge in [0, 0.05) is 55.4 Å². The van der Waals surface area contributed by atoms with E-state index in [0.29, 0.717) is 22.7 Å². The van der Waals surface area contributed by atoms with Gasteiger partial charge in [-0.1, -0.05) is 18.5 Å². The number of nitrogens with two attached hydrogens (primary N) is 1. The molecule has 2 fully saturated rings. The number of nitrogens with zero attached hydrogens (tertiary/aromatic N) is 5. The Labute approximate surface area is 199 Å². The van der Waals surface area contributed by atoms with E-state index < -0.39 is 5.91 Å². The summed E-state index contributed by atoms with van der Waals surface area (Å²) in [6, 6.07) is 7.99. The van der Waals surface area contributed by atoms with E-state index in [2.05, 4.69) is 26.7 Å². The van der Waals surface area contributed by atoms with Crippen molar-refractivity contribution in [1.29, 1.82) is 0 Å². The van der Waals surface area contributed by atoms with Crippen LogP contribution in [0.2, 0.25) is 5.02 Å². The third-order valence-corrected chi connectivity index (χ3v) is 7.04. The molecule has 33 heavy (non-hydrogen) atoms. The molecule has 0 spiro atoms. The first kappa shape index (κ1) is 23.4. The monoisotopic (exact) mass is 470 g/mol. The van der Waals surface area contributed by atoms with Crippen LogP contribution in [0.25, 0.3) is 0 Å². The zero-order valence-electron chi connectivity index (χ0n) is 19.2. The Hall–Kier alpha value is -2.71. The largest absolute Gasteiger partial charge is 0.364 e. The van der Waals surface area contributed by atoms with Gasteiger partial charge in [0.05, 0.1) is 11.9 Å². The number of carbonyl (C=O) groups is 2. The van der Waals surface area contributed by atoms with Gasteiger partial charge in [-0.3, -0.25) is 14.5 Å². The number of hydrogen-bond donors (Lipinski definition) is 1. The molecular formula is C24H31ClN6O2. The zero-order chi connectivity index (χ0) is 23.5. The van der Waals surface area contributed by atoms with Crippen molar-refractivity contribution in [1.82, 2.24) is 19.8 Å². The number of amides is 2. The van der Waals surface area contributed by atoms with Crippen molar-refractivity contribution in [3.05, 3.63) is 52.4 Å². The van der Waals surface area contributed by atoms with Crippen LogP contribution in [-0.2, 0) is 0 Å². The maximum Gasteiger partial charge on any atom is 0.268 e. The van der Waals surface area contributed by atoms with Crippen molar-refractivity contribution in [3.63, 3.8) is 0 Å². The van der Waals surface area contributed by atoms with Gasteiger partial charge in [-0.25, -0.2) is 9.97 Å². The minimum absolute atomic E-state index is 0.0791. The fourth-order valence-electron chi connectivity index (χ4n) is 4.99.